The normalized spacial score (nSPS) is 15.7. The molecular formula is C14H10N2O3S. The van der Waals surface area contributed by atoms with Crippen molar-refractivity contribution in [3.05, 3.63) is 60.2 Å². The monoisotopic (exact) mass is 286 g/mol. The second-order valence-corrected chi connectivity index (χ2v) is 5.80. The Labute approximate surface area is 116 Å². The van der Waals surface area contributed by atoms with Crippen LogP contribution in [0.3, 0.4) is 0 Å². The first-order valence-corrected chi connectivity index (χ1v) is 7.33. The summed E-state index contributed by atoms with van der Waals surface area (Å²) >= 11 is 0. The van der Waals surface area contributed by atoms with Crippen LogP contribution in [0, 0.1) is 0 Å². The molecule has 0 aliphatic carbocycles. The zero-order chi connectivity index (χ0) is 14.2. The van der Waals surface area contributed by atoms with Crippen LogP contribution in [-0.4, -0.2) is 20.0 Å². The number of ketones is 1. The number of fused-ring (bicyclic) bond motifs is 1. The number of benzene rings is 2. The Balaban J connectivity index is 2.06. The molecule has 0 bridgehead atoms. The van der Waals surface area contributed by atoms with E-state index in [0.717, 1.165) is 0 Å². The maximum absolute atomic E-state index is 12.2. The Morgan fingerprint density at radius 2 is 1.60 bits per heavy atom. The molecule has 100 valence electrons. The van der Waals surface area contributed by atoms with E-state index in [2.05, 4.69) is 9.71 Å². The van der Waals surface area contributed by atoms with E-state index >= 15 is 0 Å². The highest BCUT2D eigenvalue weighted by Crippen LogP contribution is 2.27. The average Bonchev–Trinajstić information content (AvgIpc) is 2.47. The first-order chi connectivity index (χ1) is 9.58. The molecule has 0 saturated heterocycles. The first-order valence-electron chi connectivity index (χ1n) is 5.89. The fourth-order valence-corrected chi connectivity index (χ4v) is 3.05. The maximum Gasteiger partial charge on any atom is 0.286 e. The number of anilines is 1. The predicted molar refractivity (Wildman–Crippen MR) is 75.5 cm³/mol. The molecule has 0 saturated carbocycles. The Morgan fingerprint density at radius 3 is 2.35 bits per heavy atom. The summed E-state index contributed by atoms with van der Waals surface area (Å²) in [7, 11) is -3.84. The van der Waals surface area contributed by atoms with Crippen molar-refractivity contribution in [2.75, 3.05) is 5.32 Å². The van der Waals surface area contributed by atoms with Gasteiger partial charge in [-0.05, 0) is 12.1 Å². The van der Waals surface area contributed by atoms with Gasteiger partial charge in [0, 0.05) is 5.56 Å². The number of Topliss-reactive ketones (excluding diaryl/α,β-unsaturated/α-hetero) is 1. The Kier molecular flexibility index (Phi) is 2.87. The topological polar surface area (TPSA) is 75.6 Å². The fraction of sp³-hybridized carbons (Fsp3) is 0. The number of sulfonamides is 1. The quantitative estimate of drug-likeness (QED) is 0.858. The minimum Gasteiger partial charge on any atom is -0.335 e. The molecule has 0 radical (unpaired) electrons. The average molecular weight is 286 g/mol. The van der Waals surface area contributed by atoms with Crippen LogP contribution in [0.15, 0.2) is 63.9 Å². The number of carbonyl (C=O) groups is 1. The number of para-hydroxylation sites is 1. The number of amidine groups is 1. The molecule has 6 heteroatoms. The highest BCUT2D eigenvalue weighted by atomic mass is 32.2. The fourth-order valence-electron chi connectivity index (χ4n) is 1.94. The third-order valence-electron chi connectivity index (χ3n) is 2.88. The molecule has 2 aromatic rings. The smallest absolute Gasteiger partial charge is 0.286 e. The van der Waals surface area contributed by atoms with Crippen molar-refractivity contribution < 1.29 is 13.2 Å². The van der Waals surface area contributed by atoms with Crippen LogP contribution in [0.2, 0.25) is 0 Å². The van der Waals surface area contributed by atoms with E-state index in [4.69, 9.17) is 0 Å². The number of nitrogens with one attached hydrogen (secondary N) is 1. The molecule has 5 nitrogen and oxygen atoms in total. The molecule has 0 amide bonds. The van der Waals surface area contributed by atoms with Gasteiger partial charge in [0.15, 0.2) is 5.84 Å². The summed E-state index contributed by atoms with van der Waals surface area (Å²) in [6.45, 7) is 0. The van der Waals surface area contributed by atoms with Gasteiger partial charge in [-0.2, -0.15) is 8.42 Å². The van der Waals surface area contributed by atoms with Crippen molar-refractivity contribution in [1.29, 1.82) is 0 Å². The van der Waals surface area contributed by atoms with Crippen molar-refractivity contribution in [3.63, 3.8) is 0 Å². The summed E-state index contributed by atoms with van der Waals surface area (Å²) in [5.74, 6) is -0.640. The Hall–Kier alpha value is -2.47. The van der Waals surface area contributed by atoms with Crippen LogP contribution < -0.4 is 5.32 Å². The molecule has 1 heterocycles. The van der Waals surface area contributed by atoms with Crippen LogP contribution in [0.5, 0.6) is 0 Å². The van der Waals surface area contributed by atoms with Crippen molar-refractivity contribution in [2.24, 2.45) is 4.40 Å². The van der Waals surface area contributed by atoms with Gasteiger partial charge in [-0.1, -0.05) is 42.5 Å². The molecule has 1 aliphatic rings. The highest BCUT2D eigenvalue weighted by Gasteiger charge is 2.27. The largest absolute Gasteiger partial charge is 0.335 e. The van der Waals surface area contributed by atoms with Gasteiger partial charge in [0.2, 0.25) is 5.78 Å². The summed E-state index contributed by atoms with van der Waals surface area (Å²) < 4.78 is 27.6. The van der Waals surface area contributed by atoms with E-state index in [1.165, 1.54) is 6.07 Å². The van der Waals surface area contributed by atoms with E-state index in [-0.39, 0.29) is 10.7 Å². The molecular weight excluding hydrogens is 276 g/mol. The van der Waals surface area contributed by atoms with E-state index < -0.39 is 15.8 Å². The molecule has 1 aliphatic heterocycles. The molecule has 20 heavy (non-hydrogen) atoms. The Bertz CT molecular complexity index is 811. The van der Waals surface area contributed by atoms with Crippen LogP contribution in [0.4, 0.5) is 5.69 Å². The van der Waals surface area contributed by atoms with Crippen molar-refractivity contribution in [1.82, 2.24) is 0 Å². The second kappa shape index (κ2) is 4.57. The summed E-state index contributed by atoms with van der Waals surface area (Å²) in [5, 5.41) is 2.77. The Morgan fingerprint density at radius 1 is 0.950 bits per heavy atom. The van der Waals surface area contributed by atoms with Gasteiger partial charge in [-0.3, -0.25) is 4.79 Å². The van der Waals surface area contributed by atoms with Crippen molar-refractivity contribution in [2.45, 2.75) is 4.90 Å². The van der Waals surface area contributed by atoms with Crippen LogP contribution >= 0.6 is 0 Å². The highest BCUT2D eigenvalue weighted by molar-refractivity contribution is 7.90. The second-order valence-electron chi connectivity index (χ2n) is 4.23. The minimum atomic E-state index is -3.84. The van der Waals surface area contributed by atoms with Gasteiger partial charge < -0.3 is 5.32 Å². The summed E-state index contributed by atoms with van der Waals surface area (Å²) in [6.07, 6.45) is 0. The predicted octanol–water partition coefficient (Wildman–Crippen LogP) is 2.08. The van der Waals surface area contributed by atoms with E-state index in [0.29, 0.717) is 11.3 Å². The first kappa shape index (κ1) is 12.6. The standard InChI is InChI=1S/C14H10N2O3S/c17-13(10-6-2-1-3-7-10)14-15-11-8-4-5-9-12(11)20(18,19)16-14/h1-9H,(H,15,16). The zero-order valence-electron chi connectivity index (χ0n) is 10.3. The summed E-state index contributed by atoms with van der Waals surface area (Å²) in [4.78, 5) is 12.3. The van der Waals surface area contributed by atoms with E-state index in [1.807, 2.05) is 0 Å². The minimum absolute atomic E-state index is 0.0737. The lowest BCUT2D eigenvalue weighted by Crippen LogP contribution is -2.28. The summed E-state index contributed by atoms with van der Waals surface area (Å²) in [5.41, 5.74) is 0.745. The van der Waals surface area contributed by atoms with Gasteiger partial charge in [0.1, 0.15) is 4.90 Å². The van der Waals surface area contributed by atoms with Gasteiger partial charge in [-0.15, -0.1) is 4.40 Å². The summed E-state index contributed by atoms with van der Waals surface area (Å²) in [6, 6.07) is 14.8. The number of hydrogen-bond donors (Lipinski definition) is 1. The van der Waals surface area contributed by atoms with Gasteiger partial charge >= 0.3 is 0 Å². The third-order valence-corrected chi connectivity index (χ3v) is 4.22. The van der Waals surface area contributed by atoms with Crippen molar-refractivity contribution in [3.8, 4) is 0 Å². The molecule has 1 N–H and O–H groups in total. The number of hydrogen-bond acceptors (Lipinski definition) is 4. The number of rotatable bonds is 2. The van der Waals surface area contributed by atoms with Crippen LogP contribution in [0.1, 0.15) is 10.4 Å². The SMILES string of the molecule is O=C(C1=NS(=O)(=O)c2ccccc2N1)c1ccccc1. The lowest BCUT2D eigenvalue weighted by atomic mass is 10.1. The molecule has 0 aromatic heterocycles. The third kappa shape index (κ3) is 2.10. The van der Waals surface area contributed by atoms with Gasteiger partial charge in [0.25, 0.3) is 10.0 Å². The molecule has 0 spiro atoms. The van der Waals surface area contributed by atoms with Crippen LogP contribution in [-0.2, 0) is 10.0 Å². The molecule has 3 rings (SSSR count). The molecule has 0 unspecified atom stereocenters. The molecule has 0 atom stereocenters. The van der Waals surface area contributed by atoms with E-state index in [9.17, 15) is 13.2 Å². The maximum atomic E-state index is 12.2. The van der Waals surface area contributed by atoms with Gasteiger partial charge in [0.05, 0.1) is 5.69 Å². The molecule has 2 aromatic carbocycles. The van der Waals surface area contributed by atoms with Crippen LogP contribution in [0.25, 0.3) is 0 Å². The van der Waals surface area contributed by atoms with Crippen molar-refractivity contribution >= 4 is 27.3 Å². The number of nitrogens with zero attached hydrogens (tertiary/aromatic N) is 1. The number of carbonyl (C=O) groups excluding carboxylic acids is 1. The zero-order valence-corrected chi connectivity index (χ0v) is 11.1. The van der Waals surface area contributed by atoms with Gasteiger partial charge in [-0.25, -0.2) is 0 Å². The molecule has 0 fully saturated rings. The lowest BCUT2D eigenvalue weighted by Gasteiger charge is -2.16. The lowest BCUT2D eigenvalue weighted by molar-refractivity contribution is 0.106. The van der Waals surface area contributed by atoms with E-state index in [1.54, 1.807) is 48.5 Å².